The van der Waals surface area contributed by atoms with E-state index in [-0.39, 0.29) is 6.54 Å². The van der Waals surface area contributed by atoms with E-state index in [1.807, 2.05) is 6.07 Å². The fraction of sp³-hybridized carbons (Fsp3) is 0.318. The molecular formula is C22H26N2O5. The van der Waals surface area contributed by atoms with Gasteiger partial charge in [0.15, 0.2) is 6.10 Å². The van der Waals surface area contributed by atoms with Crippen molar-refractivity contribution in [3.05, 3.63) is 60.2 Å². The first-order chi connectivity index (χ1) is 14.0. The molecule has 2 rings (SSSR count). The molecule has 0 saturated heterocycles. The summed E-state index contributed by atoms with van der Waals surface area (Å²) in [6, 6.07) is 15.5. The van der Waals surface area contributed by atoms with Gasteiger partial charge in [-0.1, -0.05) is 31.5 Å². The first-order valence-electron chi connectivity index (χ1n) is 9.56. The van der Waals surface area contributed by atoms with Crippen LogP contribution in [0.4, 0.5) is 5.69 Å². The minimum absolute atomic E-state index is 0.337. The quantitative estimate of drug-likeness (QED) is 0.474. The molecule has 0 radical (unpaired) electrons. The number of rotatable bonds is 10. The average molecular weight is 398 g/mol. The van der Waals surface area contributed by atoms with Crippen LogP contribution in [0.15, 0.2) is 54.6 Å². The molecule has 0 aliphatic carbocycles. The van der Waals surface area contributed by atoms with E-state index in [0.717, 1.165) is 12.8 Å². The van der Waals surface area contributed by atoms with E-state index in [4.69, 9.17) is 9.47 Å². The molecule has 0 bridgehead atoms. The maximum atomic E-state index is 12.1. The minimum atomic E-state index is -0.987. The lowest BCUT2D eigenvalue weighted by Gasteiger charge is -2.14. The molecule has 29 heavy (non-hydrogen) atoms. The number of amides is 2. The van der Waals surface area contributed by atoms with Crippen molar-refractivity contribution < 1.29 is 23.9 Å². The zero-order valence-corrected chi connectivity index (χ0v) is 16.6. The zero-order chi connectivity index (χ0) is 21.1. The summed E-state index contributed by atoms with van der Waals surface area (Å²) in [6.45, 7) is 3.84. The molecule has 0 heterocycles. The molecule has 0 aliphatic rings. The average Bonchev–Trinajstić information content (AvgIpc) is 2.73. The summed E-state index contributed by atoms with van der Waals surface area (Å²) in [5.41, 5.74) is 1.01. The molecule has 7 heteroatoms. The van der Waals surface area contributed by atoms with Crippen LogP contribution in [0.2, 0.25) is 0 Å². The van der Waals surface area contributed by atoms with Crippen molar-refractivity contribution in [3.63, 3.8) is 0 Å². The Hall–Kier alpha value is -3.35. The summed E-state index contributed by atoms with van der Waals surface area (Å²) in [5, 5.41) is 5.12. The van der Waals surface area contributed by atoms with Crippen LogP contribution in [-0.4, -0.2) is 37.0 Å². The van der Waals surface area contributed by atoms with Gasteiger partial charge in [-0.05, 0) is 49.7 Å². The molecule has 0 unspecified atom stereocenters. The highest BCUT2D eigenvalue weighted by Gasteiger charge is 2.18. The summed E-state index contributed by atoms with van der Waals surface area (Å²) < 4.78 is 10.6. The van der Waals surface area contributed by atoms with Crippen LogP contribution >= 0.6 is 0 Å². The minimum Gasteiger partial charge on any atom is -0.494 e. The van der Waals surface area contributed by atoms with Crippen LogP contribution in [0.25, 0.3) is 0 Å². The molecule has 7 nitrogen and oxygen atoms in total. The molecule has 2 amide bonds. The van der Waals surface area contributed by atoms with Crippen molar-refractivity contribution in [2.24, 2.45) is 0 Å². The molecule has 2 aromatic carbocycles. The molecule has 2 N–H and O–H groups in total. The number of nitrogens with one attached hydrogen (secondary N) is 2. The predicted octanol–water partition coefficient (Wildman–Crippen LogP) is 3.17. The fourth-order valence-corrected chi connectivity index (χ4v) is 2.35. The Labute approximate surface area is 170 Å². The summed E-state index contributed by atoms with van der Waals surface area (Å²) in [6.07, 6.45) is 1.02. The monoisotopic (exact) mass is 398 g/mol. The van der Waals surface area contributed by atoms with Gasteiger partial charge in [0.1, 0.15) is 12.3 Å². The van der Waals surface area contributed by atoms with E-state index in [9.17, 15) is 14.4 Å². The molecule has 0 spiro atoms. The second kappa shape index (κ2) is 11.5. The molecule has 0 aliphatic heterocycles. The number of esters is 1. The van der Waals surface area contributed by atoms with Crippen LogP contribution < -0.4 is 15.4 Å². The van der Waals surface area contributed by atoms with Gasteiger partial charge in [0.05, 0.1) is 6.61 Å². The zero-order valence-electron chi connectivity index (χ0n) is 16.6. The highest BCUT2D eigenvalue weighted by atomic mass is 16.5. The van der Waals surface area contributed by atoms with Gasteiger partial charge in [0.25, 0.3) is 11.8 Å². The topological polar surface area (TPSA) is 93.7 Å². The molecule has 0 fully saturated rings. The Balaban J connectivity index is 1.74. The van der Waals surface area contributed by atoms with E-state index >= 15 is 0 Å². The van der Waals surface area contributed by atoms with Crippen LogP contribution in [0.1, 0.15) is 37.0 Å². The molecule has 0 saturated carbocycles. The molecule has 1 atom stereocenters. The van der Waals surface area contributed by atoms with E-state index in [0.29, 0.717) is 23.6 Å². The van der Waals surface area contributed by atoms with Crippen molar-refractivity contribution in [3.8, 4) is 5.75 Å². The van der Waals surface area contributed by atoms with Crippen molar-refractivity contribution in [2.45, 2.75) is 32.8 Å². The number of hydrogen-bond donors (Lipinski definition) is 2. The number of ether oxygens (including phenoxy) is 2. The number of carbonyl (C=O) groups is 3. The molecule has 154 valence electrons. The Bertz CT molecular complexity index is 806. The lowest BCUT2D eigenvalue weighted by molar-refractivity contribution is -0.152. The number of benzene rings is 2. The van der Waals surface area contributed by atoms with Gasteiger partial charge in [0.2, 0.25) is 0 Å². The van der Waals surface area contributed by atoms with E-state index in [1.54, 1.807) is 48.5 Å². The van der Waals surface area contributed by atoms with Gasteiger partial charge in [-0.15, -0.1) is 0 Å². The van der Waals surface area contributed by atoms with Crippen LogP contribution in [0, 0.1) is 0 Å². The number of hydrogen-bond acceptors (Lipinski definition) is 5. The van der Waals surface area contributed by atoms with Gasteiger partial charge in [0, 0.05) is 11.3 Å². The number of para-hydroxylation sites is 1. The third kappa shape index (κ3) is 7.65. The number of anilines is 1. The highest BCUT2D eigenvalue weighted by molar-refractivity contribution is 5.97. The highest BCUT2D eigenvalue weighted by Crippen LogP contribution is 2.12. The Kier molecular flexibility index (Phi) is 8.69. The summed E-state index contributed by atoms with van der Waals surface area (Å²) >= 11 is 0. The van der Waals surface area contributed by atoms with Gasteiger partial charge in [-0.2, -0.15) is 0 Å². The van der Waals surface area contributed by atoms with Crippen molar-refractivity contribution in [1.82, 2.24) is 5.32 Å². The van der Waals surface area contributed by atoms with Gasteiger partial charge >= 0.3 is 5.97 Å². The Morgan fingerprint density at radius 1 is 1.00 bits per heavy atom. The normalized spacial score (nSPS) is 11.2. The second-order valence-corrected chi connectivity index (χ2v) is 6.40. The maximum Gasteiger partial charge on any atom is 0.326 e. The van der Waals surface area contributed by atoms with Gasteiger partial charge in [-0.3, -0.25) is 14.4 Å². The number of unbranched alkanes of at least 4 members (excludes halogenated alkanes) is 1. The summed E-state index contributed by atoms with van der Waals surface area (Å²) in [4.78, 5) is 36.1. The van der Waals surface area contributed by atoms with Gasteiger partial charge < -0.3 is 20.1 Å². The van der Waals surface area contributed by atoms with Crippen molar-refractivity contribution in [1.29, 1.82) is 0 Å². The van der Waals surface area contributed by atoms with Crippen LogP contribution in [-0.2, 0) is 14.3 Å². The van der Waals surface area contributed by atoms with Crippen LogP contribution in [0.3, 0.4) is 0 Å². The Morgan fingerprint density at radius 3 is 2.34 bits per heavy atom. The standard InChI is InChI=1S/C22H26N2O5/c1-3-4-14-28-19-12-10-17(11-13-19)22(27)23-15-20(25)29-16(2)21(26)24-18-8-6-5-7-9-18/h5-13,16H,3-4,14-15H2,1-2H3,(H,23,27)(H,24,26)/t16-/m1/s1. The van der Waals surface area contributed by atoms with E-state index in [2.05, 4.69) is 17.6 Å². The molecule has 2 aromatic rings. The van der Waals surface area contributed by atoms with E-state index in [1.165, 1.54) is 6.92 Å². The fourth-order valence-electron chi connectivity index (χ4n) is 2.35. The third-order valence-corrected chi connectivity index (χ3v) is 4.00. The smallest absolute Gasteiger partial charge is 0.326 e. The third-order valence-electron chi connectivity index (χ3n) is 4.00. The van der Waals surface area contributed by atoms with Crippen molar-refractivity contribution >= 4 is 23.5 Å². The van der Waals surface area contributed by atoms with Crippen molar-refractivity contribution in [2.75, 3.05) is 18.5 Å². The molecular weight excluding hydrogens is 372 g/mol. The number of carbonyl (C=O) groups excluding carboxylic acids is 3. The second-order valence-electron chi connectivity index (χ2n) is 6.40. The first-order valence-corrected chi connectivity index (χ1v) is 9.56. The SMILES string of the molecule is CCCCOc1ccc(C(=O)NCC(=O)O[C@H](C)C(=O)Nc2ccccc2)cc1. The summed E-state index contributed by atoms with van der Waals surface area (Å²) in [7, 11) is 0. The lowest BCUT2D eigenvalue weighted by atomic mass is 10.2. The van der Waals surface area contributed by atoms with E-state index < -0.39 is 23.9 Å². The van der Waals surface area contributed by atoms with Crippen LogP contribution in [0.5, 0.6) is 5.75 Å². The maximum absolute atomic E-state index is 12.1. The van der Waals surface area contributed by atoms with Gasteiger partial charge in [-0.25, -0.2) is 0 Å². The first kappa shape index (κ1) is 21.9. The predicted molar refractivity (Wildman–Crippen MR) is 110 cm³/mol. The lowest BCUT2D eigenvalue weighted by Crippen LogP contribution is -2.35. The summed E-state index contributed by atoms with van der Waals surface area (Å²) in [5.74, 6) is -0.876. The molecule has 0 aromatic heterocycles. The largest absolute Gasteiger partial charge is 0.494 e. The Morgan fingerprint density at radius 2 is 1.69 bits per heavy atom.